The molecule has 0 aliphatic heterocycles. The van der Waals surface area contributed by atoms with Crippen LogP contribution >= 0.6 is 15.9 Å². The quantitative estimate of drug-likeness (QED) is 0.428. The molecule has 2 amide bonds. The van der Waals surface area contributed by atoms with Crippen LogP contribution in [0.1, 0.15) is 22.6 Å². The Morgan fingerprint density at radius 1 is 1.00 bits per heavy atom. The largest absolute Gasteiger partial charge is 0.334 e. The van der Waals surface area contributed by atoms with Crippen LogP contribution in [0.5, 0.6) is 0 Å². The minimum atomic E-state index is -0.269. The van der Waals surface area contributed by atoms with E-state index in [4.69, 9.17) is 4.98 Å². The predicted molar refractivity (Wildman–Crippen MR) is 123 cm³/mol. The fourth-order valence-electron chi connectivity index (χ4n) is 3.28. The molecule has 4 rings (SSSR count). The number of halogens is 1. The van der Waals surface area contributed by atoms with Crippen molar-refractivity contribution in [2.24, 2.45) is 0 Å². The lowest BCUT2D eigenvalue weighted by Gasteiger charge is -2.11. The van der Waals surface area contributed by atoms with Crippen molar-refractivity contribution in [1.82, 2.24) is 19.9 Å². The Kier molecular flexibility index (Phi) is 5.81. The Balaban J connectivity index is 1.52. The summed E-state index contributed by atoms with van der Waals surface area (Å²) in [4.78, 5) is 21.7. The monoisotopic (exact) mass is 463 g/mol. The standard InChI is InChI=1S/C23H22BrN5O/c1-15-20(28-23(30)25-13-17-6-4-3-5-7-17)12-21-22(26-15)29(16(2)27-21)14-18-8-10-19(24)11-9-18/h3-12H,13-14H2,1-2H3,(H2,25,28,30). The molecular weight excluding hydrogens is 442 g/mol. The van der Waals surface area contributed by atoms with E-state index < -0.39 is 0 Å². The van der Waals surface area contributed by atoms with Crippen LogP contribution in [-0.2, 0) is 13.1 Å². The molecule has 2 heterocycles. The molecule has 0 aliphatic rings. The summed E-state index contributed by atoms with van der Waals surface area (Å²) >= 11 is 3.47. The first-order chi connectivity index (χ1) is 14.5. The van der Waals surface area contributed by atoms with Gasteiger partial charge in [-0.2, -0.15) is 0 Å². The number of hydrogen-bond donors (Lipinski definition) is 2. The number of nitrogens with one attached hydrogen (secondary N) is 2. The van der Waals surface area contributed by atoms with Crippen molar-refractivity contribution in [3.8, 4) is 0 Å². The minimum absolute atomic E-state index is 0.269. The Labute approximate surface area is 183 Å². The molecule has 7 heteroatoms. The Hall–Kier alpha value is -3.19. The van der Waals surface area contributed by atoms with Gasteiger partial charge in [-0.3, -0.25) is 0 Å². The van der Waals surface area contributed by atoms with Crippen LogP contribution < -0.4 is 10.6 Å². The fourth-order valence-corrected chi connectivity index (χ4v) is 3.55. The van der Waals surface area contributed by atoms with Gasteiger partial charge in [-0.05, 0) is 43.2 Å². The predicted octanol–water partition coefficient (Wildman–Crippen LogP) is 5.18. The third kappa shape index (κ3) is 4.52. The maximum atomic E-state index is 12.3. The lowest BCUT2D eigenvalue weighted by molar-refractivity contribution is 0.251. The molecule has 0 radical (unpaired) electrons. The van der Waals surface area contributed by atoms with Crippen molar-refractivity contribution in [1.29, 1.82) is 0 Å². The van der Waals surface area contributed by atoms with Crippen LogP contribution in [-0.4, -0.2) is 20.6 Å². The molecule has 2 aromatic heterocycles. The number of imidazole rings is 1. The zero-order chi connectivity index (χ0) is 21.1. The molecule has 2 N–H and O–H groups in total. The first kappa shape index (κ1) is 20.1. The summed E-state index contributed by atoms with van der Waals surface area (Å²) in [6.07, 6.45) is 0. The normalized spacial score (nSPS) is 10.9. The molecule has 0 atom stereocenters. The first-order valence-corrected chi connectivity index (χ1v) is 10.5. The highest BCUT2D eigenvalue weighted by molar-refractivity contribution is 9.10. The number of aromatic nitrogens is 3. The smallest absolute Gasteiger partial charge is 0.319 e. The summed E-state index contributed by atoms with van der Waals surface area (Å²) in [5.74, 6) is 0.880. The number of anilines is 1. The van der Waals surface area contributed by atoms with E-state index in [1.54, 1.807) is 0 Å². The van der Waals surface area contributed by atoms with Crippen molar-refractivity contribution < 1.29 is 4.79 Å². The maximum Gasteiger partial charge on any atom is 0.319 e. The second kappa shape index (κ2) is 8.67. The van der Waals surface area contributed by atoms with Gasteiger partial charge >= 0.3 is 6.03 Å². The molecule has 0 bridgehead atoms. The Bertz CT molecular complexity index is 1190. The topological polar surface area (TPSA) is 71.8 Å². The van der Waals surface area contributed by atoms with E-state index in [0.29, 0.717) is 18.8 Å². The maximum absolute atomic E-state index is 12.3. The third-order valence-electron chi connectivity index (χ3n) is 4.90. The number of pyridine rings is 1. The molecule has 4 aromatic rings. The van der Waals surface area contributed by atoms with E-state index >= 15 is 0 Å². The van der Waals surface area contributed by atoms with Crippen LogP contribution in [0.2, 0.25) is 0 Å². The van der Waals surface area contributed by atoms with E-state index in [-0.39, 0.29) is 6.03 Å². The van der Waals surface area contributed by atoms with Crippen molar-refractivity contribution in [2.45, 2.75) is 26.9 Å². The van der Waals surface area contributed by atoms with Crippen molar-refractivity contribution in [3.05, 3.63) is 87.8 Å². The number of hydrogen-bond acceptors (Lipinski definition) is 3. The van der Waals surface area contributed by atoms with Gasteiger partial charge in [-0.1, -0.05) is 58.4 Å². The summed E-state index contributed by atoms with van der Waals surface area (Å²) in [6.45, 7) is 5.00. The summed E-state index contributed by atoms with van der Waals surface area (Å²) in [7, 11) is 0. The van der Waals surface area contributed by atoms with Gasteiger partial charge < -0.3 is 15.2 Å². The van der Waals surface area contributed by atoms with Crippen LogP contribution in [0.4, 0.5) is 10.5 Å². The van der Waals surface area contributed by atoms with Gasteiger partial charge in [0.05, 0.1) is 17.9 Å². The molecular formula is C23H22BrN5O. The van der Waals surface area contributed by atoms with Gasteiger partial charge in [-0.15, -0.1) is 0 Å². The number of benzene rings is 2. The van der Waals surface area contributed by atoms with E-state index in [0.717, 1.165) is 32.7 Å². The summed E-state index contributed by atoms with van der Waals surface area (Å²) in [5, 5.41) is 5.76. The highest BCUT2D eigenvalue weighted by Gasteiger charge is 2.14. The molecule has 0 saturated carbocycles. The third-order valence-corrected chi connectivity index (χ3v) is 5.43. The molecule has 152 valence electrons. The minimum Gasteiger partial charge on any atom is -0.334 e. The second-order valence-electron chi connectivity index (χ2n) is 7.13. The van der Waals surface area contributed by atoms with E-state index in [1.165, 1.54) is 5.56 Å². The van der Waals surface area contributed by atoms with E-state index in [9.17, 15) is 4.79 Å². The number of urea groups is 1. The van der Waals surface area contributed by atoms with Crippen molar-refractivity contribution >= 4 is 38.8 Å². The van der Waals surface area contributed by atoms with Gasteiger partial charge in [-0.25, -0.2) is 14.8 Å². The number of nitrogens with zero attached hydrogens (tertiary/aromatic N) is 3. The molecule has 6 nitrogen and oxygen atoms in total. The first-order valence-electron chi connectivity index (χ1n) is 9.67. The molecule has 0 saturated heterocycles. The van der Waals surface area contributed by atoms with Crippen LogP contribution in [0.3, 0.4) is 0 Å². The average molecular weight is 464 g/mol. The second-order valence-corrected chi connectivity index (χ2v) is 8.04. The number of fused-ring (bicyclic) bond motifs is 1. The van der Waals surface area contributed by atoms with E-state index in [2.05, 4.69) is 48.2 Å². The van der Waals surface area contributed by atoms with Gasteiger partial charge in [0.25, 0.3) is 0 Å². The molecule has 0 aliphatic carbocycles. The zero-order valence-corrected chi connectivity index (χ0v) is 18.4. The van der Waals surface area contributed by atoms with Gasteiger partial charge in [0.1, 0.15) is 11.3 Å². The number of carbonyl (C=O) groups excluding carboxylic acids is 1. The van der Waals surface area contributed by atoms with Crippen LogP contribution in [0.25, 0.3) is 11.2 Å². The lowest BCUT2D eigenvalue weighted by Crippen LogP contribution is -2.28. The van der Waals surface area contributed by atoms with Crippen LogP contribution in [0.15, 0.2) is 65.1 Å². The highest BCUT2D eigenvalue weighted by Crippen LogP contribution is 2.23. The summed E-state index contributed by atoms with van der Waals surface area (Å²) < 4.78 is 3.14. The number of amides is 2. The van der Waals surface area contributed by atoms with Gasteiger partial charge in [0, 0.05) is 11.0 Å². The molecule has 2 aromatic carbocycles. The molecule has 0 unspecified atom stereocenters. The fraction of sp³-hybridized carbons (Fsp3) is 0.174. The lowest BCUT2D eigenvalue weighted by atomic mass is 10.2. The number of carbonyl (C=O) groups is 1. The summed E-state index contributed by atoms with van der Waals surface area (Å²) in [5.41, 5.74) is 5.18. The summed E-state index contributed by atoms with van der Waals surface area (Å²) in [6, 6.07) is 19.6. The Morgan fingerprint density at radius 3 is 2.47 bits per heavy atom. The molecule has 0 spiro atoms. The SMILES string of the molecule is Cc1nc2c(cc1NC(=O)NCc1ccccc1)nc(C)n2Cc1ccc(Br)cc1. The average Bonchev–Trinajstić information content (AvgIpc) is 3.03. The van der Waals surface area contributed by atoms with Crippen molar-refractivity contribution in [2.75, 3.05) is 5.32 Å². The molecule has 30 heavy (non-hydrogen) atoms. The van der Waals surface area contributed by atoms with Gasteiger partial charge in [0.2, 0.25) is 0 Å². The highest BCUT2D eigenvalue weighted by atomic mass is 79.9. The van der Waals surface area contributed by atoms with E-state index in [1.807, 2.05) is 62.4 Å². The molecule has 0 fully saturated rings. The number of aryl methyl sites for hydroxylation is 2. The van der Waals surface area contributed by atoms with Crippen molar-refractivity contribution in [3.63, 3.8) is 0 Å². The Morgan fingerprint density at radius 2 is 1.73 bits per heavy atom. The van der Waals surface area contributed by atoms with Crippen LogP contribution in [0, 0.1) is 13.8 Å². The number of rotatable bonds is 5. The van der Waals surface area contributed by atoms with Gasteiger partial charge in [0.15, 0.2) is 5.65 Å². The zero-order valence-electron chi connectivity index (χ0n) is 16.8.